The zero-order chi connectivity index (χ0) is 26.1. The van der Waals surface area contributed by atoms with Gasteiger partial charge in [-0.1, -0.05) is 96.6 Å². The number of nitrogens with one attached hydrogen (secondary N) is 1. The third-order valence-corrected chi connectivity index (χ3v) is 6.93. The number of unbranched alkanes of at least 4 members (excludes halogenated alkanes) is 11. The second kappa shape index (κ2) is 16.8. The van der Waals surface area contributed by atoms with E-state index < -0.39 is 0 Å². The minimum absolute atomic E-state index is 0.200. The largest absolute Gasteiger partial charge is 0.494 e. The van der Waals surface area contributed by atoms with Crippen LogP contribution in [0.1, 0.15) is 113 Å². The molecular weight excluding hydrogens is 456 g/mol. The van der Waals surface area contributed by atoms with Crippen molar-refractivity contribution in [2.24, 2.45) is 0 Å². The number of nitrogens with zero attached hydrogens (tertiary/aromatic N) is 1. The lowest BCUT2D eigenvalue weighted by atomic mass is 10.0. The van der Waals surface area contributed by atoms with Crippen molar-refractivity contribution >= 4 is 22.5 Å². The second-order valence-electron chi connectivity index (χ2n) is 10.2. The Bertz CT molecular complexity index is 1060. The maximum absolute atomic E-state index is 12.8. The van der Waals surface area contributed by atoms with Crippen molar-refractivity contribution in [2.75, 3.05) is 11.9 Å². The molecule has 0 aliphatic heterocycles. The van der Waals surface area contributed by atoms with Crippen molar-refractivity contribution in [3.63, 3.8) is 0 Å². The van der Waals surface area contributed by atoms with Crippen molar-refractivity contribution in [3.8, 4) is 5.75 Å². The molecule has 1 amide bonds. The Morgan fingerprint density at radius 2 is 1.38 bits per heavy atom. The number of fused-ring (bicyclic) bond motifs is 1. The molecule has 200 valence electrons. The predicted molar refractivity (Wildman–Crippen MR) is 157 cm³/mol. The van der Waals surface area contributed by atoms with E-state index in [0.717, 1.165) is 41.8 Å². The summed E-state index contributed by atoms with van der Waals surface area (Å²) in [6.45, 7) is 5.22. The molecule has 0 atom stereocenters. The summed E-state index contributed by atoms with van der Waals surface area (Å²) in [5.41, 5.74) is 3.37. The quantitative estimate of drug-likeness (QED) is 0.176. The van der Waals surface area contributed by atoms with Crippen LogP contribution in [0.25, 0.3) is 10.9 Å². The number of carbonyl (C=O) groups excluding carboxylic acids is 1. The molecule has 0 unspecified atom stereocenters. The van der Waals surface area contributed by atoms with Crippen molar-refractivity contribution in [2.45, 2.75) is 104 Å². The van der Waals surface area contributed by atoms with Crippen LogP contribution >= 0.6 is 0 Å². The van der Waals surface area contributed by atoms with Gasteiger partial charge in [-0.05, 0) is 67.3 Å². The zero-order valence-electron chi connectivity index (χ0n) is 23.1. The highest BCUT2D eigenvalue weighted by Crippen LogP contribution is 2.20. The fourth-order valence-corrected chi connectivity index (χ4v) is 4.65. The number of amides is 1. The Balaban J connectivity index is 1.43. The maximum atomic E-state index is 12.8. The van der Waals surface area contributed by atoms with Crippen molar-refractivity contribution in [1.82, 2.24) is 4.98 Å². The normalized spacial score (nSPS) is 11.1. The smallest absolute Gasteiger partial charge is 0.274 e. The van der Waals surface area contributed by atoms with Crippen LogP contribution in [0.15, 0.2) is 54.6 Å². The number of ether oxygens (including phenoxy) is 1. The minimum Gasteiger partial charge on any atom is -0.494 e. The van der Waals surface area contributed by atoms with E-state index in [-0.39, 0.29) is 5.91 Å². The highest BCUT2D eigenvalue weighted by atomic mass is 16.5. The summed E-state index contributed by atoms with van der Waals surface area (Å²) in [6.07, 6.45) is 17.9. The first-order valence-corrected chi connectivity index (χ1v) is 14.6. The van der Waals surface area contributed by atoms with E-state index in [1.54, 1.807) is 0 Å². The lowest BCUT2D eigenvalue weighted by Gasteiger charge is -2.09. The highest BCUT2D eigenvalue weighted by Gasteiger charge is 2.09. The van der Waals surface area contributed by atoms with E-state index >= 15 is 0 Å². The Hall–Kier alpha value is -2.88. The molecule has 37 heavy (non-hydrogen) atoms. The van der Waals surface area contributed by atoms with Crippen LogP contribution in [0, 0.1) is 0 Å². The van der Waals surface area contributed by atoms with Crippen LogP contribution in [-0.2, 0) is 6.42 Å². The molecule has 4 nitrogen and oxygen atoms in total. The summed E-state index contributed by atoms with van der Waals surface area (Å²) in [5.74, 6) is 0.634. The SMILES string of the molecule is CCCCCCCCCCc1ccc2nc(C(=O)Nc3ccc(OCCCCCCC)cc3)ccc2c1. The van der Waals surface area contributed by atoms with Gasteiger partial charge in [0.2, 0.25) is 0 Å². The molecule has 0 spiro atoms. The second-order valence-corrected chi connectivity index (χ2v) is 10.2. The Kier molecular flexibility index (Phi) is 13.0. The monoisotopic (exact) mass is 502 g/mol. The summed E-state index contributed by atoms with van der Waals surface area (Å²) in [6, 6.07) is 17.8. The van der Waals surface area contributed by atoms with E-state index in [0.29, 0.717) is 5.69 Å². The number of pyridine rings is 1. The number of benzene rings is 2. The summed E-state index contributed by atoms with van der Waals surface area (Å²) in [4.78, 5) is 17.4. The third kappa shape index (κ3) is 10.6. The molecule has 1 heterocycles. The number of rotatable bonds is 18. The lowest BCUT2D eigenvalue weighted by molar-refractivity contribution is 0.102. The van der Waals surface area contributed by atoms with Gasteiger partial charge in [0, 0.05) is 11.1 Å². The van der Waals surface area contributed by atoms with E-state index in [9.17, 15) is 4.79 Å². The molecule has 1 aromatic heterocycles. The molecule has 3 aromatic rings. The van der Waals surface area contributed by atoms with E-state index in [4.69, 9.17) is 4.74 Å². The van der Waals surface area contributed by atoms with Gasteiger partial charge in [-0.25, -0.2) is 4.98 Å². The van der Waals surface area contributed by atoms with Crippen LogP contribution in [0.2, 0.25) is 0 Å². The summed E-state index contributed by atoms with van der Waals surface area (Å²) in [7, 11) is 0. The van der Waals surface area contributed by atoms with Gasteiger partial charge in [-0.3, -0.25) is 4.79 Å². The Morgan fingerprint density at radius 3 is 2.08 bits per heavy atom. The first-order chi connectivity index (χ1) is 18.2. The van der Waals surface area contributed by atoms with Crippen LogP contribution in [-0.4, -0.2) is 17.5 Å². The summed E-state index contributed by atoms with van der Waals surface area (Å²) >= 11 is 0. The molecule has 0 aliphatic carbocycles. The molecule has 0 saturated heterocycles. The first-order valence-electron chi connectivity index (χ1n) is 14.6. The van der Waals surface area contributed by atoms with Gasteiger partial charge >= 0.3 is 0 Å². The van der Waals surface area contributed by atoms with Crippen molar-refractivity contribution < 1.29 is 9.53 Å². The summed E-state index contributed by atoms with van der Waals surface area (Å²) in [5, 5.41) is 4.04. The lowest BCUT2D eigenvalue weighted by Crippen LogP contribution is -2.13. The molecular formula is C33H46N2O2. The molecule has 3 rings (SSSR count). The first kappa shape index (κ1) is 28.7. The van der Waals surface area contributed by atoms with Crippen molar-refractivity contribution in [1.29, 1.82) is 0 Å². The van der Waals surface area contributed by atoms with Gasteiger partial charge in [0.1, 0.15) is 11.4 Å². The van der Waals surface area contributed by atoms with E-state index in [1.165, 1.54) is 82.6 Å². The fraction of sp³-hybridized carbons (Fsp3) is 0.515. The maximum Gasteiger partial charge on any atom is 0.274 e. The molecule has 4 heteroatoms. The van der Waals surface area contributed by atoms with Crippen LogP contribution in [0.4, 0.5) is 5.69 Å². The number of carbonyl (C=O) groups is 1. The van der Waals surface area contributed by atoms with Crippen molar-refractivity contribution in [3.05, 3.63) is 65.9 Å². The average molecular weight is 503 g/mol. The molecule has 2 aromatic carbocycles. The molecule has 0 saturated carbocycles. The molecule has 0 aliphatic rings. The average Bonchev–Trinajstić information content (AvgIpc) is 2.92. The minimum atomic E-state index is -0.200. The number of aryl methyl sites for hydroxylation is 1. The zero-order valence-corrected chi connectivity index (χ0v) is 23.1. The summed E-state index contributed by atoms with van der Waals surface area (Å²) < 4.78 is 5.82. The number of hydrogen-bond donors (Lipinski definition) is 1. The molecule has 0 fully saturated rings. The van der Waals surface area contributed by atoms with Crippen LogP contribution in [0.5, 0.6) is 5.75 Å². The van der Waals surface area contributed by atoms with Gasteiger partial charge < -0.3 is 10.1 Å². The fourth-order valence-electron chi connectivity index (χ4n) is 4.65. The standard InChI is InChI=1S/C33H46N2O2/c1-3-5-7-9-10-11-12-14-16-27-17-23-31-28(26-27)18-24-32(35-31)33(36)34-29-19-21-30(22-20-29)37-25-15-13-8-6-4-2/h17-24,26H,3-16,25H2,1-2H3,(H,34,36). The van der Waals surface area contributed by atoms with Gasteiger partial charge in [0.15, 0.2) is 0 Å². The van der Waals surface area contributed by atoms with Gasteiger partial charge in [0.25, 0.3) is 5.91 Å². The van der Waals surface area contributed by atoms with Crippen LogP contribution in [0.3, 0.4) is 0 Å². The van der Waals surface area contributed by atoms with Gasteiger partial charge in [-0.2, -0.15) is 0 Å². The van der Waals surface area contributed by atoms with Gasteiger partial charge in [-0.15, -0.1) is 0 Å². The topological polar surface area (TPSA) is 51.2 Å². The Labute approximate surface area is 224 Å². The number of hydrogen-bond acceptors (Lipinski definition) is 3. The molecule has 0 bridgehead atoms. The van der Waals surface area contributed by atoms with Gasteiger partial charge in [0.05, 0.1) is 12.1 Å². The van der Waals surface area contributed by atoms with Crippen LogP contribution < -0.4 is 10.1 Å². The highest BCUT2D eigenvalue weighted by molar-refractivity contribution is 6.04. The van der Waals surface area contributed by atoms with E-state index in [2.05, 4.69) is 36.3 Å². The number of aromatic nitrogens is 1. The molecule has 1 N–H and O–H groups in total. The number of anilines is 1. The molecule has 0 radical (unpaired) electrons. The third-order valence-electron chi connectivity index (χ3n) is 6.93. The van der Waals surface area contributed by atoms with E-state index in [1.807, 2.05) is 42.5 Å². The predicted octanol–water partition coefficient (Wildman–Crippen LogP) is 9.52. The Morgan fingerprint density at radius 1 is 0.730 bits per heavy atom.